The molecule has 0 aliphatic rings. The molecule has 27 heavy (non-hydrogen) atoms. The normalized spacial score (nSPS) is 12.0. The molecule has 0 spiro atoms. The SMILES string of the molecule is CCOc1ccc(-n2ccc3c(nnc4nc(C(F)(F)F)nn43)c2=O)cc1. The Hall–Kier alpha value is -3.50. The number of fused-ring (bicyclic) bond motifs is 3. The number of rotatable bonds is 3. The van der Waals surface area contributed by atoms with Gasteiger partial charge in [-0.1, -0.05) is 0 Å². The first-order chi connectivity index (χ1) is 12.9. The van der Waals surface area contributed by atoms with Gasteiger partial charge in [0.2, 0.25) is 0 Å². The summed E-state index contributed by atoms with van der Waals surface area (Å²) >= 11 is 0. The van der Waals surface area contributed by atoms with E-state index < -0.39 is 17.6 Å². The van der Waals surface area contributed by atoms with Gasteiger partial charge >= 0.3 is 6.18 Å². The Morgan fingerprint density at radius 2 is 1.85 bits per heavy atom. The van der Waals surface area contributed by atoms with Gasteiger partial charge in [-0.3, -0.25) is 9.36 Å². The predicted molar refractivity (Wildman–Crippen MR) is 87.9 cm³/mol. The van der Waals surface area contributed by atoms with Gasteiger partial charge in [-0.25, -0.2) is 0 Å². The van der Waals surface area contributed by atoms with Crippen molar-refractivity contribution in [2.24, 2.45) is 0 Å². The van der Waals surface area contributed by atoms with Crippen LogP contribution < -0.4 is 10.3 Å². The fourth-order valence-electron chi connectivity index (χ4n) is 2.60. The van der Waals surface area contributed by atoms with Crippen LogP contribution in [0.25, 0.3) is 22.5 Å². The lowest BCUT2D eigenvalue weighted by atomic mass is 10.3. The molecular formula is C16H11F3N6O2. The average molecular weight is 376 g/mol. The fourth-order valence-corrected chi connectivity index (χ4v) is 2.60. The van der Waals surface area contributed by atoms with E-state index in [0.717, 1.165) is 4.52 Å². The molecule has 3 aromatic heterocycles. The minimum Gasteiger partial charge on any atom is -0.494 e. The summed E-state index contributed by atoms with van der Waals surface area (Å²) < 4.78 is 46.0. The zero-order valence-electron chi connectivity index (χ0n) is 13.8. The van der Waals surface area contributed by atoms with Gasteiger partial charge in [0.1, 0.15) is 11.3 Å². The highest BCUT2D eigenvalue weighted by molar-refractivity contribution is 5.74. The van der Waals surface area contributed by atoms with Gasteiger partial charge in [0.25, 0.3) is 17.2 Å². The molecule has 0 N–H and O–H groups in total. The zero-order valence-corrected chi connectivity index (χ0v) is 13.8. The number of pyridine rings is 1. The van der Waals surface area contributed by atoms with Crippen molar-refractivity contribution < 1.29 is 17.9 Å². The van der Waals surface area contributed by atoms with Crippen LogP contribution in [0, 0.1) is 0 Å². The zero-order chi connectivity index (χ0) is 19.2. The maximum atomic E-state index is 12.8. The molecule has 0 amide bonds. The Kier molecular flexibility index (Phi) is 3.79. The van der Waals surface area contributed by atoms with Crippen LogP contribution >= 0.6 is 0 Å². The number of hydrogen-bond acceptors (Lipinski definition) is 6. The van der Waals surface area contributed by atoms with Crippen LogP contribution in [0.2, 0.25) is 0 Å². The summed E-state index contributed by atoms with van der Waals surface area (Å²) in [5.41, 5.74) is -0.0513. The summed E-state index contributed by atoms with van der Waals surface area (Å²) in [6, 6.07) is 8.21. The molecule has 0 bridgehead atoms. The highest BCUT2D eigenvalue weighted by Gasteiger charge is 2.36. The van der Waals surface area contributed by atoms with Crippen molar-refractivity contribution in [2.75, 3.05) is 6.61 Å². The van der Waals surface area contributed by atoms with E-state index in [2.05, 4.69) is 20.3 Å². The topological polar surface area (TPSA) is 87.2 Å². The van der Waals surface area contributed by atoms with E-state index in [0.29, 0.717) is 18.0 Å². The van der Waals surface area contributed by atoms with Gasteiger partial charge < -0.3 is 4.74 Å². The van der Waals surface area contributed by atoms with Crippen LogP contribution in [-0.2, 0) is 6.18 Å². The molecule has 4 rings (SSSR count). The molecule has 138 valence electrons. The Balaban J connectivity index is 1.87. The first-order valence-corrected chi connectivity index (χ1v) is 7.84. The van der Waals surface area contributed by atoms with Crippen molar-refractivity contribution in [3.8, 4) is 11.4 Å². The number of hydrogen-bond donors (Lipinski definition) is 0. The number of nitrogens with zero attached hydrogens (tertiary/aromatic N) is 6. The van der Waals surface area contributed by atoms with Crippen LogP contribution in [-0.4, -0.2) is 36.0 Å². The maximum absolute atomic E-state index is 12.8. The van der Waals surface area contributed by atoms with Crippen LogP contribution in [0.1, 0.15) is 12.7 Å². The molecule has 4 aromatic rings. The van der Waals surface area contributed by atoms with Crippen molar-refractivity contribution in [3.63, 3.8) is 0 Å². The van der Waals surface area contributed by atoms with E-state index >= 15 is 0 Å². The molecule has 0 radical (unpaired) electrons. The molecule has 0 saturated heterocycles. The lowest BCUT2D eigenvalue weighted by Gasteiger charge is -2.08. The van der Waals surface area contributed by atoms with Crippen molar-refractivity contribution in [3.05, 3.63) is 52.7 Å². The quantitative estimate of drug-likeness (QED) is 0.545. The average Bonchev–Trinajstić information content (AvgIpc) is 3.08. The van der Waals surface area contributed by atoms with Crippen LogP contribution in [0.4, 0.5) is 13.2 Å². The first kappa shape index (κ1) is 16.9. The summed E-state index contributed by atoms with van der Waals surface area (Å²) in [5.74, 6) is -1.04. The van der Waals surface area contributed by atoms with E-state index in [1.165, 1.54) is 16.8 Å². The molecule has 0 fully saturated rings. The third-order valence-electron chi connectivity index (χ3n) is 3.78. The fraction of sp³-hybridized carbons (Fsp3) is 0.188. The summed E-state index contributed by atoms with van der Waals surface area (Å²) in [6.45, 7) is 2.37. The molecule has 8 nitrogen and oxygen atoms in total. The Morgan fingerprint density at radius 1 is 1.11 bits per heavy atom. The largest absolute Gasteiger partial charge is 0.494 e. The lowest BCUT2D eigenvalue weighted by Crippen LogP contribution is -2.20. The third kappa shape index (κ3) is 2.86. The highest BCUT2D eigenvalue weighted by Crippen LogP contribution is 2.26. The van der Waals surface area contributed by atoms with E-state index in [4.69, 9.17) is 4.74 Å². The third-order valence-corrected chi connectivity index (χ3v) is 3.78. The van der Waals surface area contributed by atoms with Gasteiger partial charge in [-0.15, -0.1) is 15.3 Å². The van der Waals surface area contributed by atoms with Crippen molar-refractivity contribution >= 4 is 16.8 Å². The van der Waals surface area contributed by atoms with E-state index in [9.17, 15) is 18.0 Å². The minimum absolute atomic E-state index is 0.0789. The molecule has 0 atom stereocenters. The summed E-state index contributed by atoms with van der Waals surface area (Å²) in [7, 11) is 0. The molecule has 0 saturated carbocycles. The minimum atomic E-state index is -4.72. The Bertz CT molecular complexity index is 1200. The number of benzene rings is 1. The number of aromatic nitrogens is 6. The molecular weight excluding hydrogens is 365 g/mol. The second-order valence-electron chi connectivity index (χ2n) is 5.50. The Morgan fingerprint density at radius 3 is 2.52 bits per heavy atom. The van der Waals surface area contributed by atoms with Crippen LogP contribution in [0.5, 0.6) is 5.75 Å². The molecule has 0 unspecified atom stereocenters. The lowest BCUT2D eigenvalue weighted by molar-refractivity contribution is -0.144. The van der Waals surface area contributed by atoms with Gasteiger partial charge in [0, 0.05) is 11.9 Å². The van der Waals surface area contributed by atoms with Gasteiger partial charge in [-0.05, 0) is 37.3 Å². The van der Waals surface area contributed by atoms with E-state index in [-0.39, 0.29) is 16.8 Å². The van der Waals surface area contributed by atoms with Crippen molar-refractivity contribution in [1.82, 2.24) is 29.4 Å². The monoisotopic (exact) mass is 376 g/mol. The number of alkyl halides is 3. The number of ether oxygens (including phenoxy) is 1. The standard InChI is InChI=1S/C16H11F3N6O2/c1-2-27-10-5-3-9(4-6-10)24-8-7-11-12(13(24)26)21-22-15-20-14(16(17,18)19)23-25(11)15/h3-8H,2H2,1H3. The van der Waals surface area contributed by atoms with Crippen molar-refractivity contribution in [2.45, 2.75) is 13.1 Å². The van der Waals surface area contributed by atoms with Crippen LogP contribution in [0.3, 0.4) is 0 Å². The first-order valence-electron chi connectivity index (χ1n) is 7.84. The molecule has 0 aliphatic carbocycles. The van der Waals surface area contributed by atoms with Gasteiger partial charge in [0.05, 0.1) is 6.61 Å². The molecule has 3 heterocycles. The second kappa shape index (κ2) is 6.04. The summed E-state index contributed by atoms with van der Waals surface area (Å²) in [5, 5.41) is 10.7. The smallest absolute Gasteiger partial charge is 0.453 e. The van der Waals surface area contributed by atoms with E-state index in [1.807, 2.05) is 6.92 Å². The summed E-state index contributed by atoms with van der Waals surface area (Å²) in [4.78, 5) is 16.0. The highest BCUT2D eigenvalue weighted by atomic mass is 19.4. The summed E-state index contributed by atoms with van der Waals surface area (Å²) in [6.07, 6.45) is -3.30. The number of halogens is 3. The molecule has 0 aliphatic heterocycles. The second-order valence-corrected chi connectivity index (χ2v) is 5.50. The van der Waals surface area contributed by atoms with Gasteiger partial charge in [-0.2, -0.15) is 22.7 Å². The predicted octanol–water partition coefficient (Wildman–Crippen LogP) is 2.24. The van der Waals surface area contributed by atoms with Gasteiger partial charge in [0.15, 0.2) is 5.52 Å². The molecule has 11 heteroatoms. The Labute approximate surface area is 148 Å². The molecule has 1 aromatic carbocycles. The van der Waals surface area contributed by atoms with Crippen LogP contribution in [0.15, 0.2) is 41.3 Å². The van der Waals surface area contributed by atoms with Crippen molar-refractivity contribution in [1.29, 1.82) is 0 Å². The van der Waals surface area contributed by atoms with E-state index in [1.54, 1.807) is 24.3 Å². The maximum Gasteiger partial charge on any atom is 0.453 e.